The number of benzene rings is 2. The number of amides is 3. The van der Waals surface area contributed by atoms with E-state index in [1.807, 2.05) is 54.6 Å². The van der Waals surface area contributed by atoms with Crippen molar-refractivity contribution in [3.63, 3.8) is 0 Å². The molecule has 2 aromatic rings. The number of fused-ring (bicyclic) bond motifs is 1. The number of likely N-dealkylation sites (tertiary alicyclic amines) is 1. The molecule has 5 rings (SSSR count). The van der Waals surface area contributed by atoms with Crippen LogP contribution in [-0.4, -0.2) is 70.0 Å². The third-order valence-corrected chi connectivity index (χ3v) is 10.9. The van der Waals surface area contributed by atoms with Gasteiger partial charge in [0.25, 0.3) is 0 Å². The number of thioether (sulfide) groups is 1. The minimum atomic E-state index is -0.640. The maximum atomic E-state index is 14.1. The van der Waals surface area contributed by atoms with E-state index >= 15 is 0 Å². The number of aliphatic hydroxyl groups is 1. The van der Waals surface area contributed by atoms with Gasteiger partial charge in [0, 0.05) is 49.4 Å². The topological polar surface area (TPSA) is 102 Å². The first-order valence-electron chi connectivity index (χ1n) is 15.0. The van der Waals surface area contributed by atoms with Crippen molar-refractivity contribution in [2.45, 2.75) is 68.5 Å². The van der Waals surface area contributed by atoms with Crippen LogP contribution in [0, 0.1) is 11.8 Å². The number of nitrogens with zero attached hydrogens (tertiary/aromatic N) is 2. The average Bonchev–Trinajstić information content (AvgIpc) is 3.63. The van der Waals surface area contributed by atoms with Gasteiger partial charge < -0.3 is 25.5 Å². The van der Waals surface area contributed by atoms with Crippen LogP contribution >= 0.6 is 11.8 Å². The van der Waals surface area contributed by atoms with Crippen molar-refractivity contribution in [3.05, 3.63) is 60.2 Å². The molecule has 3 N–H and O–H groups in total. The second-order valence-corrected chi connectivity index (χ2v) is 12.9. The summed E-state index contributed by atoms with van der Waals surface area (Å²) in [6.45, 7) is 7.00. The molecular weight excluding hydrogens is 536 g/mol. The van der Waals surface area contributed by atoms with Gasteiger partial charge in [-0.2, -0.15) is 0 Å². The van der Waals surface area contributed by atoms with E-state index in [2.05, 4.69) is 29.4 Å². The van der Waals surface area contributed by atoms with Crippen LogP contribution in [0.2, 0.25) is 0 Å². The van der Waals surface area contributed by atoms with Gasteiger partial charge in [0.1, 0.15) is 6.04 Å². The second-order valence-electron chi connectivity index (χ2n) is 11.3. The summed E-state index contributed by atoms with van der Waals surface area (Å²) in [6.07, 6.45) is 3.70. The van der Waals surface area contributed by atoms with Crippen LogP contribution in [-0.2, 0) is 20.9 Å². The molecule has 8 nitrogen and oxygen atoms in total. The Hall–Kier alpha value is -3.04. The number of carbonyl (C=O) groups excluding carboxylic acids is 3. The molecule has 3 fully saturated rings. The molecule has 1 spiro atoms. The lowest BCUT2D eigenvalue weighted by molar-refractivity contribution is -0.139. The predicted molar refractivity (Wildman–Crippen MR) is 164 cm³/mol. The number of unbranched alkanes of at least 4 members (excludes halogenated alkanes) is 2. The molecular formula is C32H42N4O4S. The summed E-state index contributed by atoms with van der Waals surface area (Å²) in [7, 11) is 0. The summed E-state index contributed by atoms with van der Waals surface area (Å²) >= 11 is 1.69. The molecule has 41 heavy (non-hydrogen) atoms. The fraction of sp³-hybridized carbons (Fsp3) is 0.531. The minimum Gasteiger partial charge on any atom is -0.396 e. The van der Waals surface area contributed by atoms with Crippen LogP contribution in [0.5, 0.6) is 0 Å². The third-order valence-electron chi connectivity index (χ3n) is 8.98. The smallest absolute Gasteiger partial charge is 0.248 e. The van der Waals surface area contributed by atoms with Crippen LogP contribution in [0.15, 0.2) is 54.6 Å². The first-order chi connectivity index (χ1) is 19.9. The summed E-state index contributed by atoms with van der Waals surface area (Å²) in [4.78, 5) is 45.7. The Labute approximate surface area is 247 Å². The SMILES string of the molecule is CCN(CC)c1ccc(NC(=O)C2N(CCCCCO)C(=O)[C@@H]3[C@H](C(=O)NCc4ccccc4)[C@@H]4CCC23S4)cc1. The summed E-state index contributed by atoms with van der Waals surface area (Å²) in [6, 6.07) is 17.0. The van der Waals surface area contributed by atoms with Crippen molar-refractivity contribution in [2.24, 2.45) is 11.8 Å². The highest BCUT2D eigenvalue weighted by atomic mass is 32.2. The van der Waals surface area contributed by atoms with Gasteiger partial charge in [0.2, 0.25) is 17.7 Å². The first-order valence-corrected chi connectivity index (χ1v) is 15.9. The average molecular weight is 579 g/mol. The number of aliphatic hydroxyl groups excluding tert-OH is 1. The van der Waals surface area contributed by atoms with Gasteiger partial charge in [0.05, 0.1) is 16.6 Å². The molecule has 3 saturated heterocycles. The fourth-order valence-electron chi connectivity index (χ4n) is 7.02. The molecule has 3 amide bonds. The Kier molecular flexibility index (Phi) is 9.24. The summed E-state index contributed by atoms with van der Waals surface area (Å²) < 4.78 is -0.612. The molecule has 5 atom stereocenters. The van der Waals surface area contributed by atoms with Crippen LogP contribution in [0.3, 0.4) is 0 Å². The lowest BCUT2D eigenvalue weighted by Gasteiger charge is -2.34. The highest BCUT2D eigenvalue weighted by molar-refractivity contribution is 8.02. The van der Waals surface area contributed by atoms with Crippen LogP contribution in [0.4, 0.5) is 11.4 Å². The van der Waals surface area contributed by atoms with Crippen LogP contribution in [0.1, 0.15) is 51.5 Å². The molecule has 0 aromatic heterocycles. The third kappa shape index (κ3) is 5.71. The quantitative estimate of drug-likeness (QED) is 0.310. The predicted octanol–water partition coefficient (Wildman–Crippen LogP) is 4.04. The van der Waals surface area contributed by atoms with Crippen molar-refractivity contribution >= 4 is 40.9 Å². The van der Waals surface area contributed by atoms with E-state index in [1.165, 1.54) is 0 Å². The number of anilines is 2. The lowest BCUT2D eigenvalue weighted by atomic mass is 9.70. The normalized spacial score (nSPS) is 26.2. The van der Waals surface area contributed by atoms with Crippen molar-refractivity contribution < 1.29 is 19.5 Å². The largest absolute Gasteiger partial charge is 0.396 e. The van der Waals surface area contributed by atoms with Gasteiger partial charge in [-0.05, 0) is 75.8 Å². The highest BCUT2D eigenvalue weighted by Gasteiger charge is 2.73. The van der Waals surface area contributed by atoms with Gasteiger partial charge in [0.15, 0.2) is 0 Å². The van der Waals surface area contributed by atoms with Crippen molar-refractivity contribution in [3.8, 4) is 0 Å². The van der Waals surface area contributed by atoms with Gasteiger partial charge in [-0.25, -0.2) is 0 Å². The molecule has 0 saturated carbocycles. The van der Waals surface area contributed by atoms with E-state index in [4.69, 9.17) is 0 Å². The zero-order valence-corrected chi connectivity index (χ0v) is 24.9. The van der Waals surface area contributed by atoms with E-state index in [-0.39, 0.29) is 29.6 Å². The van der Waals surface area contributed by atoms with E-state index < -0.39 is 22.6 Å². The molecule has 9 heteroatoms. The van der Waals surface area contributed by atoms with Gasteiger partial charge in [-0.3, -0.25) is 14.4 Å². The minimum absolute atomic E-state index is 0.0277. The summed E-state index contributed by atoms with van der Waals surface area (Å²) in [5, 5.41) is 15.5. The molecule has 2 unspecified atom stereocenters. The number of carbonyl (C=O) groups is 3. The highest BCUT2D eigenvalue weighted by Crippen LogP contribution is 2.66. The Bertz CT molecular complexity index is 1220. The standard InChI is InChI=1S/C32H42N4O4S/c1-3-35(4-2)24-15-13-23(14-16-24)34-30(39)28-32-18-17-25(41-32)26(29(38)33-21-22-11-7-5-8-12-22)27(32)31(40)36(28)19-9-6-10-20-37/h5,7-8,11-16,25-28,37H,3-4,6,9-10,17-21H2,1-2H3,(H,33,38)(H,34,39)/t25-,26+,27-,28?,32?/m0/s1. The molecule has 0 aliphatic carbocycles. The fourth-order valence-corrected chi connectivity index (χ4v) is 9.24. The van der Waals surface area contributed by atoms with Gasteiger partial charge in [-0.15, -0.1) is 11.8 Å². The maximum Gasteiger partial charge on any atom is 0.248 e. The van der Waals surface area contributed by atoms with E-state index in [9.17, 15) is 19.5 Å². The van der Waals surface area contributed by atoms with Crippen LogP contribution in [0.25, 0.3) is 0 Å². The molecule has 0 radical (unpaired) electrons. The monoisotopic (exact) mass is 578 g/mol. The van der Waals surface area contributed by atoms with E-state index in [1.54, 1.807) is 16.7 Å². The molecule has 3 heterocycles. The number of hydrogen-bond acceptors (Lipinski definition) is 6. The first kappa shape index (κ1) is 29.5. The zero-order valence-electron chi connectivity index (χ0n) is 24.1. The Morgan fingerprint density at radius 1 is 1.02 bits per heavy atom. The molecule has 3 aliphatic heterocycles. The van der Waals surface area contributed by atoms with Crippen molar-refractivity contribution in [1.29, 1.82) is 0 Å². The van der Waals surface area contributed by atoms with Gasteiger partial charge >= 0.3 is 0 Å². The molecule has 220 valence electrons. The second kappa shape index (κ2) is 12.9. The number of rotatable bonds is 13. The molecule has 2 aromatic carbocycles. The zero-order chi connectivity index (χ0) is 29.0. The number of hydrogen-bond donors (Lipinski definition) is 3. The molecule has 2 bridgehead atoms. The molecule has 3 aliphatic rings. The van der Waals surface area contributed by atoms with Crippen molar-refractivity contribution in [1.82, 2.24) is 10.2 Å². The Morgan fingerprint density at radius 2 is 1.76 bits per heavy atom. The van der Waals surface area contributed by atoms with Gasteiger partial charge in [-0.1, -0.05) is 30.3 Å². The number of nitrogens with one attached hydrogen (secondary N) is 2. The maximum absolute atomic E-state index is 14.1. The van der Waals surface area contributed by atoms with E-state index in [0.29, 0.717) is 31.6 Å². The summed E-state index contributed by atoms with van der Waals surface area (Å²) in [5.74, 6) is -1.33. The summed E-state index contributed by atoms with van der Waals surface area (Å²) in [5.41, 5.74) is 2.81. The van der Waals surface area contributed by atoms with Crippen LogP contribution < -0.4 is 15.5 Å². The Morgan fingerprint density at radius 3 is 2.44 bits per heavy atom. The lowest BCUT2D eigenvalue weighted by Crippen LogP contribution is -2.51. The Balaban J connectivity index is 1.37. The van der Waals surface area contributed by atoms with Crippen molar-refractivity contribution in [2.75, 3.05) is 36.5 Å². The van der Waals surface area contributed by atoms with E-state index in [0.717, 1.165) is 43.6 Å².